The molecule has 12 fully saturated rings. The highest BCUT2D eigenvalue weighted by Crippen LogP contribution is 2.74. The fraction of sp³-hybridized carbons (Fsp3) is 0.952. The second-order valence-electron chi connectivity index (χ2n) is 29.6. The number of fused-ring (bicyclic) bond motifs is 4. The molecule has 100 heavy (non-hydrogen) atoms. The lowest BCUT2D eigenvalue weighted by atomic mass is 9.41. The smallest absolute Gasteiger partial charge is 0.314 e. The molecule has 0 aromatic rings. The molecule has 38 heteroatoms. The predicted octanol–water partition coefficient (Wildman–Crippen LogP) is -11.3. The first-order valence-electron chi connectivity index (χ1n) is 34.0. The summed E-state index contributed by atoms with van der Waals surface area (Å²) in [5.41, 5.74) is -3.43. The van der Waals surface area contributed by atoms with Crippen LogP contribution in [0.5, 0.6) is 0 Å². The van der Waals surface area contributed by atoms with Crippen LogP contribution in [0, 0.1) is 28.1 Å². The lowest BCUT2D eigenvalue weighted by Gasteiger charge is -2.64. The van der Waals surface area contributed by atoms with Crippen LogP contribution in [-0.2, 0) is 75.8 Å². The van der Waals surface area contributed by atoms with Gasteiger partial charge in [0.25, 0.3) is 0 Å². The zero-order chi connectivity index (χ0) is 72.4. The Balaban J connectivity index is 0.801. The van der Waals surface area contributed by atoms with Crippen molar-refractivity contribution in [2.45, 2.75) is 292 Å². The number of carbonyl (C=O) groups excluding carboxylic acids is 1. The van der Waals surface area contributed by atoms with Gasteiger partial charge in [-0.2, -0.15) is 0 Å². The van der Waals surface area contributed by atoms with E-state index in [9.17, 15) is 112 Å². The fourth-order valence-electron chi connectivity index (χ4n) is 18.1. The molecule has 38 nitrogen and oxygen atoms in total. The quantitative estimate of drug-likeness (QED) is 0.0306. The minimum absolute atomic E-state index is 0.192. The van der Waals surface area contributed by atoms with Crippen molar-refractivity contribution in [3.63, 3.8) is 0 Å². The molecule has 41 atom stereocenters. The normalized spacial score (nSPS) is 55.6. The maximum absolute atomic E-state index is 15.5. The van der Waals surface area contributed by atoms with Gasteiger partial charge in [0.2, 0.25) is 12.1 Å². The molecule has 4 aliphatic carbocycles. The van der Waals surface area contributed by atoms with Crippen molar-refractivity contribution in [3.05, 3.63) is 12.2 Å². The average molecular weight is 1450 g/mol. The van der Waals surface area contributed by atoms with Crippen molar-refractivity contribution in [1.29, 1.82) is 0 Å². The van der Waals surface area contributed by atoms with E-state index < -0.39 is 288 Å². The average Bonchev–Trinajstić information content (AvgIpc) is 1.44. The summed E-state index contributed by atoms with van der Waals surface area (Å²) in [6.45, 7) is 2.79. The van der Waals surface area contributed by atoms with Crippen molar-refractivity contribution in [3.8, 4) is 0 Å². The maximum Gasteiger partial charge on any atom is 0.314 e. The summed E-state index contributed by atoms with van der Waals surface area (Å²) < 4.78 is 90.2. The summed E-state index contributed by atoms with van der Waals surface area (Å²) in [7, 11) is 0. The minimum atomic E-state index is -2.36. The lowest BCUT2D eigenvalue weighted by molar-refractivity contribution is -0.466. The van der Waals surface area contributed by atoms with E-state index in [0.717, 1.165) is 0 Å². The van der Waals surface area contributed by atoms with Crippen LogP contribution >= 0.6 is 0 Å². The number of ether oxygens (including phenoxy) is 15. The van der Waals surface area contributed by atoms with Crippen LogP contribution in [0.25, 0.3) is 0 Å². The molecule has 22 N–H and O–H groups in total. The van der Waals surface area contributed by atoms with Gasteiger partial charge in [-0.15, -0.1) is 0 Å². The summed E-state index contributed by atoms with van der Waals surface area (Å²) in [5, 5.41) is 239. The Labute approximate surface area is 571 Å². The standard InChI is InChI=1S/C62H98O38/c1-20-11-60-9-5-27-58(2,7-4-8-59(27,3)57(84)99-55-47(97-52-42(80)38(76)32(70)23(14-65)90-52)45(34(72)24(15-66)91-55)95-51-41(79)37(75)31(69)22(13-64)89-51)28(60)6-10-61(20,19-60)100-56-48(98-54-44(82)49(83)62(85)29(94-54)18-87-62)46(35(73)25(16-67)92-56)96-53-43(81)39(77)33(71)26(93-53)17-86-50-40(78)36(74)30(68)21(12-63)88-50/h21-56,63-83,85H,1,4-19H2,2-3H3/t21?,22?,23?,24?,25?,26?,27?,28-,29?,30?,31?,32?,33?,34?,35?,36?,37?,38?,39?,40?,41?,42?,43?,44?,45?,46?,47?,48?,49?,50?,51?,52?,53?,54?,55?,56?,58+,59+,60+,61-,62?/m0/s1. The summed E-state index contributed by atoms with van der Waals surface area (Å²) in [4.78, 5) is 15.5. The number of esters is 1. The van der Waals surface area contributed by atoms with Crippen LogP contribution in [0.2, 0.25) is 0 Å². The molecule has 1 spiro atoms. The van der Waals surface area contributed by atoms with Gasteiger partial charge in [-0.05, 0) is 86.5 Å². The molecule has 4 saturated carbocycles. The molecule has 0 radical (unpaired) electrons. The molecular formula is C62H98O38. The maximum atomic E-state index is 15.5. The molecule has 0 aromatic heterocycles. The molecule has 8 aliphatic heterocycles. The first kappa shape index (κ1) is 77.4. The zero-order valence-corrected chi connectivity index (χ0v) is 54.7. The summed E-state index contributed by atoms with van der Waals surface area (Å²) in [5.74, 6) is -3.89. The van der Waals surface area contributed by atoms with E-state index in [0.29, 0.717) is 44.1 Å². The molecule has 36 unspecified atom stereocenters. The van der Waals surface area contributed by atoms with Gasteiger partial charge in [-0.1, -0.05) is 19.9 Å². The highest BCUT2D eigenvalue weighted by atomic mass is 16.8. The first-order chi connectivity index (χ1) is 47.3. The van der Waals surface area contributed by atoms with Gasteiger partial charge in [0.15, 0.2) is 43.8 Å². The molecule has 8 saturated heterocycles. The lowest BCUT2D eigenvalue weighted by Crippen LogP contribution is -2.75. The monoisotopic (exact) mass is 1450 g/mol. The van der Waals surface area contributed by atoms with Crippen LogP contribution in [0.1, 0.15) is 71.6 Å². The molecule has 2 bridgehead atoms. The number of aliphatic hydroxyl groups excluding tert-OH is 21. The van der Waals surface area contributed by atoms with Gasteiger partial charge in [-0.25, -0.2) is 0 Å². The fourth-order valence-corrected chi connectivity index (χ4v) is 18.1. The van der Waals surface area contributed by atoms with Gasteiger partial charge < -0.3 is 183 Å². The number of aliphatic hydroxyl groups is 22. The van der Waals surface area contributed by atoms with Gasteiger partial charge in [-0.3, -0.25) is 4.79 Å². The van der Waals surface area contributed by atoms with Crippen molar-refractivity contribution in [2.24, 2.45) is 28.1 Å². The SMILES string of the molecule is C=C1C[C@@]23CCC4[C@](C)(C(=O)OC5OC(CO)C(O)C(OC6OC(CO)C(O)C(O)C6O)C5OC5OC(CO)C(O)C(O)C5O)CCC[C@@]4(C)[C@@H]2CC[C@]1(OC1OC(CO)C(O)C(OC2OC(COC4OC(CO)C(O)C(O)C4O)C(O)C(O)C2O)C1OC1OC2COC2(O)C(O)C1O)C3. The number of rotatable bonds is 20. The van der Waals surface area contributed by atoms with E-state index in [1.54, 1.807) is 6.92 Å². The summed E-state index contributed by atoms with van der Waals surface area (Å²) >= 11 is 0. The minimum Gasteiger partial charge on any atom is -0.432 e. The van der Waals surface area contributed by atoms with E-state index in [1.165, 1.54) is 0 Å². The molecule has 8 heterocycles. The van der Waals surface area contributed by atoms with Crippen molar-refractivity contribution < 1.29 is 188 Å². The molecule has 12 rings (SSSR count). The van der Waals surface area contributed by atoms with Crippen LogP contribution in [0.15, 0.2) is 12.2 Å². The topological polar surface area (TPSA) is 601 Å². The van der Waals surface area contributed by atoms with Gasteiger partial charge in [0.1, 0.15) is 159 Å². The van der Waals surface area contributed by atoms with Crippen LogP contribution in [-0.4, -0.2) is 385 Å². The summed E-state index contributed by atoms with van der Waals surface area (Å²) in [6.07, 6.45) is -60.4. The zero-order valence-electron chi connectivity index (χ0n) is 54.7. The third kappa shape index (κ3) is 13.3. The second-order valence-corrected chi connectivity index (χ2v) is 29.6. The van der Waals surface area contributed by atoms with Crippen LogP contribution in [0.4, 0.5) is 0 Å². The van der Waals surface area contributed by atoms with Crippen LogP contribution < -0.4 is 0 Å². The molecule has 0 aromatic carbocycles. The van der Waals surface area contributed by atoms with E-state index in [1.807, 2.05) is 0 Å². The molecule has 12 aliphatic rings. The Hall–Kier alpha value is -2.23. The highest BCUT2D eigenvalue weighted by molar-refractivity contribution is 5.77. The van der Waals surface area contributed by atoms with E-state index in [-0.39, 0.29) is 31.8 Å². The van der Waals surface area contributed by atoms with Gasteiger partial charge in [0, 0.05) is 0 Å². The largest absolute Gasteiger partial charge is 0.432 e. The first-order valence-corrected chi connectivity index (χ1v) is 34.0. The van der Waals surface area contributed by atoms with E-state index in [2.05, 4.69) is 13.5 Å². The number of hydrogen-bond donors (Lipinski definition) is 22. The Morgan fingerprint density at radius 1 is 0.460 bits per heavy atom. The van der Waals surface area contributed by atoms with Crippen LogP contribution in [0.3, 0.4) is 0 Å². The number of carbonyl (C=O) groups is 1. The third-order valence-electron chi connectivity index (χ3n) is 23.8. The molecular weight excluding hydrogens is 1350 g/mol. The molecule has 574 valence electrons. The van der Waals surface area contributed by atoms with Gasteiger partial charge >= 0.3 is 5.97 Å². The van der Waals surface area contributed by atoms with Crippen molar-refractivity contribution in [2.75, 3.05) is 46.2 Å². The Bertz CT molecular complexity index is 2800. The van der Waals surface area contributed by atoms with Crippen molar-refractivity contribution >= 4 is 5.97 Å². The van der Waals surface area contributed by atoms with E-state index >= 15 is 4.79 Å². The molecule has 0 amide bonds. The third-order valence-corrected chi connectivity index (χ3v) is 23.8. The summed E-state index contributed by atoms with van der Waals surface area (Å²) in [6, 6.07) is 0. The highest BCUT2D eigenvalue weighted by Gasteiger charge is 2.71. The Morgan fingerprint density at radius 2 is 0.880 bits per heavy atom. The second kappa shape index (κ2) is 29.7. The van der Waals surface area contributed by atoms with Gasteiger partial charge in [0.05, 0.1) is 57.3 Å². The Morgan fingerprint density at radius 3 is 1.38 bits per heavy atom. The predicted molar refractivity (Wildman–Crippen MR) is 315 cm³/mol. The Kier molecular flexibility index (Phi) is 23.0. The van der Waals surface area contributed by atoms with E-state index in [4.69, 9.17) is 71.1 Å². The van der Waals surface area contributed by atoms with Crippen molar-refractivity contribution in [1.82, 2.24) is 0 Å². The number of hydrogen-bond acceptors (Lipinski definition) is 38.